The minimum Gasteiger partial charge on any atom is -0.481 e. The second-order valence-corrected chi connectivity index (χ2v) is 11.0. The number of fused-ring (bicyclic) bond motifs is 1. The van der Waals surface area contributed by atoms with Gasteiger partial charge in [-0.3, -0.25) is 14.5 Å². The number of aromatic nitrogens is 4. The fourth-order valence-electron chi connectivity index (χ4n) is 5.38. The van der Waals surface area contributed by atoms with Crippen molar-refractivity contribution in [2.24, 2.45) is 5.92 Å². The molecule has 1 amide bonds. The first-order valence-electron chi connectivity index (χ1n) is 14.1. The summed E-state index contributed by atoms with van der Waals surface area (Å²) in [7, 11) is 0. The minimum absolute atomic E-state index is 0.130. The van der Waals surface area contributed by atoms with Crippen LogP contribution in [0.4, 0.5) is 0 Å². The van der Waals surface area contributed by atoms with E-state index in [1.807, 2.05) is 47.4 Å². The second-order valence-electron chi connectivity index (χ2n) is 11.0. The molecule has 0 bridgehead atoms. The van der Waals surface area contributed by atoms with Gasteiger partial charge in [-0.25, -0.2) is 4.68 Å². The lowest BCUT2D eigenvalue weighted by Crippen LogP contribution is -2.38. The molecule has 214 valence electrons. The molecule has 2 heterocycles. The molecule has 3 aromatic rings. The summed E-state index contributed by atoms with van der Waals surface area (Å²) < 4.78 is 1.76. The number of carboxylic acids is 1. The number of carbonyl (C=O) groups excluding carboxylic acids is 1. The number of nitrogens with zero attached hydrogens (tertiary/aromatic N) is 6. The van der Waals surface area contributed by atoms with Crippen LogP contribution in [0.3, 0.4) is 0 Å². The Kier molecular flexibility index (Phi) is 10.4. The number of aliphatic hydroxyl groups excluding tert-OH is 1. The van der Waals surface area contributed by atoms with Crippen LogP contribution < -0.4 is 0 Å². The lowest BCUT2D eigenvalue weighted by molar-refractivity contribution is -0.139. The molecule has 1 aromatic heterocycles. The SMILES string of the molecule is CC(C)CC(c1nnnn1CCCC(=O)N1CCc2ccccc2C1)N(Cc1ccccc1)CC(O)CC(=O)O. The molecule has 1 aliphatic rings. The summed E-state index contributed by atoms with van der Waals surface area (Å²) in [5, 5.41) is 32.4. The van der Waals surface area contributed by atoms with E-state index >= 15 is 0 Å². The number of hydrogen-bond acceptors (Lipinski definition) is 7. The van der Waals surface area contributed by atoms with Gasteiger partial charge in [-0.15, -0.1) is 5.10 Å². The molecule has 0 saturated carbocycles. The Morgan fingerprint density at radius 1 is 1.05 bits per heavy atom. The van der Waals surface area contributed by atoms with Crippen LogP contribution in [0.2, 0.25) is 0 Å². The lowest BCUT2D eigenvalue weighted by Gasteiger charge is -2.33. The molecule has 2 aromatic carbocycles. The molecule has 0 saturated heterocycles. The van der Waals surface area contributed by atoms with Gasteiger partial charge in [0, 0.05) is 39.1 Å². The highest BCUT2D eigenvalue weighted by Gasteiger charge is 2.29. The summed E-state index contributed by atoms with van der Waals surface area (Å²) in [5.74, 6) is 0.0460. The third-order valence-electron chi connectivity index (χ3n) is 7.32. The third kappa shape index (κ3) is 8.19. The fourth-order valence-corrected chi connectivity index (χ4v) is 5.38. The van der Waals surface area contributed by atoms with Crippen molar-refractivity contribution in [2.75, 3.05) is 13.1 Å². The largest absolute Gasteiger partial charge is 0.481 e. The van der Waals surface area contributed by atoms with E-state index in [1.165, 1.54) is 11.1 Å². The summed E-state index contributed by atoms with van der Waals surface area (Å²) in [4.78, 5) is 28.3. The first-order valence-corrected chi connectivity index (χ1v) is 14.1. The molecular weight excluding hydrogens is 508 g/mol. The predicted molar refractivity (Wildman–Crippen MR) is 150 cm³/mol. The minimum atomic E-state index is -1.04. The molecule has 2 N–H and O–H groups in total. The first kappa shape index (κ1) is 29.4. The van der Waals surface area contributed by atoms with E-state index in [0.29, 0.717) is 44.2 Å². The summed E-state index contributed by atoms with van der Waals surface area (Å²) in [6, 6.07) is 17.9. The molecule has 0 aliphatic carbocycles. The van der Waals surface area contributed by atoms with Crippen LogP contribution in [-0.4, -0.2) is 71.3 Å². The van der Waals surface area contributed by atoms with E-state index in [9.17, 15) is 19.8 Å². The molecule has 0 spiro atoms. The fraction of sp³-hybridized carbons (Fsp3) is 0.500. The van der Waals surface area contributed by atoms with E-state index in [0.717, 1.165) is 24.9 Å². The standard InChI is InChI=1S/C30H40N6O4/c1-22(2)17-27(35(21-26(37)18-29(39)40)19-23-9-4-3-5-10-23)30-31-32-33-36(30)15-8-13-28(38)34-16-14-24-11-6-7-12-25(24)20-34/h3-7,9-12,22,26-27,37H,8,13-21H2,1-2H3,(H,39,40). The predicted octanol–water partition coefficient (Wildman–Crippen LogP) is 3.46. The number of carbonyl (C=O) groups is 2. The third-order valence-corrected chi connectivity index (χ3v) is 7.32. The summed E-state index contributed by atoms with van der Waals surface area (Å²) >= 11 is 0. The molecule has 10 heteroatoms. The Morgan fingerprint density at radius 3 is 2.50 bits per heavy atom. The number of aryl methyl sites for hydroxylation is 1. The summed E-state index contributed by atoms with van der Waals surface area (Å²) in [6.45, 7) is 6.78. The topological polar surface area (TPSA) is 125 Å². The van der Waals surface area contributed by atoms with E-state index < -0.39 is 12.1 Å². The van der Waals surface area contributed by atoms with Gasteiger partial charge in [0.2, 0.25) is 5.91 Å². The molecular formula is C30H40N6O4. The van der Waals surface area contributed by atoms with Crippen molar-refractivity contribution >= 4 is 11.9 Å². The Labute approximate surface area is 235 Å². The van der Waals surface area contributed by atoms with Gasteiger partial charge in [0.1, 0.15) is 0 Å². The van der Waals surface area contributed by atoms with E-state index in [4.69, 9.17) is 0 Å². The molecule has 2 atom stereocenters. The molecule has 0 fully saturated rings. The molecule has 10 nitrogen and oxygen atoms in total. The zero-order valence-corrected chi connectivity index (χ0v) is 23.4. The van der Waals surface area contributed by atoms with Gasteiger partial charge in [-0.2, -0.15) is 0 Å². The van der Waals surface area contributed by atoms with Gasteiger partial charge in [0.05, 0.1) is 18.6 Å². The van der Waals surface area contributed by atoms with Gasteiger partial charge >= 0.3 is 5.97 Å². The zero-order valence-electron chi connectivity index (χ0n) is 23.4. The maximum atomic E-state index is 13.0. The Morgan fingerprint density at radius 2 is 1.77 bits per heavy atom. The van der Waals surface area contributed by atoms with Crippen molar-refractivity contribution in [3.63, 3.8) is 0 Å². The number of carboxylic acid groups (broad SMARTS) is 1. The molecule has 2 unspecified atom stereocenters. The molecule has 40 heavy (non-hydrogen) atoms. The number of amides is 1. The van der Waals surface area contributed by atoms with E-state index in [1.54, 1.807) is 4.68 Å². The summed E-state index contributed by atoms with van der Waals surface area (Å²) in [6.07, 6.45) is 1.23. The van der Waals surface area contributed by atoms with E-state index in [2.05, 4.69) is 46.4 Å². The monoisotopic (exact) mass is 548 g/mol. The van der Waals surface area contributed by atoms with Crippen LogP contribution in [0.5, 0.6) is 0 Å². The van der Waals surface area contributed by atoms with Crippen LogP contribution in [0, 0.1) is 5.92 Å². The van der Waals surface area contributed by atoms with Crippen LogP contribution in [-0.2, 0) is 35.6 Å². The van der Waals surface area contributed by atoms with Crippen molar-refractivity contribution in [3.8, 4) is 0 Å². The molecule has 4 rings (SSSR count). The molecule has 1 aliphatic heterocycles. The van der Waals surface area contributed by atoms with Crippen LogP contribution in [0.15, 0.2) is 54.6 Å². The Hall–Kier alpha value is -3.63. The highest BCUT2D eigenvalue weighted by atomic mass is 16.4. The zero-order chi connectivity index (χ0) is 28.5. The van der Waals surface area contributed by atoms with Gasteiger partial charge in [-0.05, 0) is 52.3 Å². The van der Waals surface area contributed by atoms with Crippen molar-refractivity contribution < 1.29 is 19.8 Å². The average Bonchev–Trinajstić information content (AvgIpc) is 3.39. The number of rotatable bonds is 14. The average molecular weight is 549 g/mol. The van der Waals surface area contributed by atoms with Gasteiger partial charge in [0.15, 0.2) is 5.82 Å². The summed E-state index contributed by atoms with van der Waals surface area (Å²) in [5.41, 5.74) is 3.58. The highest BCUT2D eigenvalue weighted by Crippen LogP contribution is 2.29. The van der Waals surface area contributed by atoms with Gasteiger partial charge in [-0.1, -0.05) is 68.4 Å². The highest BCUT2D eigenvalue weighted by molar-refractivity contribution is 5.76. The maximum Gasteiger partial charge on any atom is 0.306 e. The Balaban J connectivity index is 1.46. The van der Waals surface area contributed by atoms with Crippen LogP contribution in [0.25, 0.3) is 0 Å². The van der Waals surface area contributed by atoms with Crippen molar-refractivity contribution in [1.82, 2.24) is 30.0 Å². The van der Waals surface area contributed by atoms with Gasteiger partial charge < -0.3 is 15.1 Å². The normalized spacial score (nSPS) is 14.8. The first-order chi connectivity index (χ1) is 19.3. The smallest absolute Gasteiger partial charge is 0.306 e. The van der Waals surface area contributed by atoms with Crippen molar-refractivity contribution in [2.45, 2.75) is 77.7 Å². The molecule has 0 radical (unpaired) electrons. The lowest BCUT2D eigenvalue weighted by atomic mass is 9.99. The number of aliphatic carboxylic acids is 1. The van der Waals surface area contributed by atoms with Gasteiger partial charge in [0.25, 0.3) is 0 Å². The van der Waals surface area contributed by atoms with Crippen molar-refractivity contribution in [1.29, 1.82) is 0 Å². The number of aliphatic hydroxyl groups is 1. The maximum absolute atomic E-state index is 13.0. The number of tetrazole rings is 1. The number of hydrogen-bond donors (Lipinski definition) is 2. The number of benzene rings is 2. The Bertz CT molecular complexity index is 1250. The van der Waals surface area contributed by atoms with Crippen LogP contribution in [0.1, 0.15) is 68.1 Å². The second kappa shape index (κ2) is 14.1. The quantitative estimate of drug-likeness (QED) is 0.314. The van der Waals surface area contributed by atoms with Crippen molar-refractivity contribution in [3.05, 3.63) is 77.1 Å². The van der Waals surface area contributed by atoms with Crippen LogP contribution >= 0.6 is 0 Å². The van der Waals surface area contributed by atoms with E-state index in [-0.39, 0.29) is 24.9 Å².